The predicted molar refractivity (Wildman–Crippen MR) is 87.0 cm³/mol. The van der Waals surface area contributed by atoms with Crippen molar-refractivity contribution in [3.63, 3.8) is 0 Å². The maximum Gasteiger partial charge on any atom is 0.214 e. The first-order valence-corrected chi connectivity index (χ1v) is 7.64. The molecule has 23 heavy (non-hydrogen) atoms. The van der Waals surface area contributed by atoms with Crippen LogP contribution in [0.15, 0.2) is 53.3 Å². The van der Waals surface area contributed by atoms with Crippen LogP contribution in [0.5, 0.6) is 0 Å². The number of benzene rings is 1. The number of oxazole rings is 1. The molecule has 0 bridgehead atoms. The lowest BCUT2D eigenvalue weighted by Crippen LogP contribution is -2.11. The Labute approximate surface area is 135 Å². The Balaban J connectivity index is 1.83. The number of aromatic nitrogens is 3. The van der Waals surface area contributed by atoms with Gasteiger partial charge in [0.25, 0.3) is 0 Å². The van der Waals surface area contributed by atoms with Crippen LogP contribution in [0, 0.1) is 0 Å². The fraction of sp³-hybridized carbons (Fsp3) is 0.333. The van der Waals surface area contributed by atoms with Crippen molar-refractivity contribution in [2.45, 2.75) is 38.8 Å². The lowest BCUT2D eigenvalue weighted by Gasteiger charge is -2.14. The van der Waals surface area contributed by atoms with Gasteiger partial charge in [-0.1, -0.05) is 51.1 Å². The highest BCUT2D eigenvalue weighted by molar-refractivity contribution is 5.23. The molecule has 1 N–H and O–H groups in total. The molecule has 0 aliphatic heterocycles. The van der Waals surface area contributed by atoms with Crippen molar-refractivity contribution in [2.75, 3.05) is 0 Å². The van der Waals surface area contributed by atoms with Gasteiger partial charge in [-0.15, -0.1) is 0 Å². The average molecular weight is 311 g/mol. The van der Waals surface area contributed by atoms with Crippen LogP contribution in [-0.2, 0) is 12.0 Å². The second kappa shape index (κ2) is 6.01. The van der Waals surface area contributed by atoms with Crippen molar-refractivity contribution in [3.05, 3.63) is 72.0 Å². The van der Waals surface area contributed by atoms with Gasteiger partial charge in [-0.3, -0.25) is 0 Å². The number of nitrogens with zero attached hydrogens (tertiary/aromatic N) is 3. The molecule has 2 aromatic heterocycles. The summed E-state index contributed by atoms with van der Waals surface area (Å²) >= 11 is 0. The molecule has 3 aromatic rings. The van der Waals surface area contributed by atoms with E-state index in [0.29, 0.717) is 18.3 Å². The summed E-state index contributed by atoms with van der Waals surface area (Å²) in [5.41, 5.74) is 0.731. The van der Waals surface area contributed by atoms with E-state index in [4.69, 9.17) is 4.42 Å². The van der Waals surface area contributed by atoms with Gasteiger partial charge in [0, 0.05) is 17.8 Å². The van der Waals surface area contributed by atoms with E-state index in [1.807, 2.05) is 41.1 Å². The van der Waals surface area contributed by atoms with E-state index < -0.39 is 6.10 Å². The maximum atomic E-state index is 10.5. The zero-order valence-corrected chi connectivity index (χ0v) is 13.6. The first kappa shape index (κ1) is 15.5. The zero-order valence-electron chi connectivity index (χ0n) is 13.6. The summed E-state index contributed by atoms with van der Waals surface area (Å²) in [6, 6.07) is 9.48. The smallest absolute Gasteiger partial charge is 0.214 e. The summed E-state index contributed by atoms with van der Waals surface area (Å²) < 4.78 is 7.68. The van der Waals surface area contributed by atoms with Crippen molar-refractivity contribution < 1.29 is 9.52 Å². The molecule has 0 saturated heterocycles. The quantitative estimate of drug-likeness (QED) is 0.803. The Morgan fingerprint density at radius 1 is 1.17 bits per heavy atom. The third-order valence-electron chi connectivity index (χ3n) is 3.71. The summed E-state index contributed by atoms with van der Waals surface area (Å²) in [7, 11) is 0. The molecule has 3 rings (SSSR count). The normalized spacial score (nSPS) is 13.2. The first-order chi connectivity index (χ1) is 10.9. The van der Waals surface area contributed by atoms with Crippen LogP contribution in [0.25, 0.3) is 0 Å². The van der Waals surface area contributed by atoms with Gasteiger partial charge in [0.05, 0.1) is 6.20 Å². The van der Waals surface area contributed by atoms with Crippen molar-refractivity contribution >= 4 is 0 Å². The van der Waals surface area contributed by atoms with Gasteiger partial charge in [-0.25, -0.2) is 9.97 Å². The lowest BCUT2D eigenvalue weighted by molar-refractivity contribution is 0.204. The van der Waals surface area contributed by atoms with Crippen LogP contribution in [-0.4, -0.2) is 19.6 Å². The molecule has 0 aliphatic rings. The van der Waals surface area contributed by atoms with Crippen molar-refractivity contribution in [1.82, 2.24) is 14.5 Å². The van der Waals surface area contributed by atoms with E-state index in [-0.39, 0.29) is 5.41 Å². The van der Waals surface area contributed by atoms with E-state index in [1.54, 1.807) is 12.4 Å². The Morgan fingerprint density at radius 2 is 1.91 bits per heavy atom. The number of hydrogen-bond donors (Lipinski definition) is 1. The van der Waals surface area contributed by atoms with Gasteiger partial charge in [0.2, 0.25) is 5.89 Å². The highest BCUT2D eigenvalue weighted by Crippen LogP contribution is 2.24. The number of imidazole rings is 1. The van der Waals surface area contributed by atoms with Crippen LogP contribution in [0.3, 0.4) is 0 Å². The van der Waals surface area contributed by atoms with E-state index in [0.717, 1.165) is 11.3 Å². The van der Waals surface area contributed by atoms with Crippen molar-refractivity contribution in [2.24, 2.45) is 0 Å². The molecule has 5 heteroatoms. The molecule has 0 radical (unpaired) electrons. The number of aliphatic hydroxyl groups is 1. The third kappa shape index (κ3) is 3.35. The van der Waals surface area contributed by atoms with Crippen molar-refractivity contribution in [3.8, 4) is 0 Å². The van der Waals surface area contributed by atoms with Crippen LogP contribution in [0.4, 0.5) is 0 Å². The molecule has 120 valence electrons. The van der Waals surface area contributed by atoms with E-state index in [9.17, 15) is 5.11 Å². The van der Waals surface area contributed by atoms with Crippen LogP contribution in [0.1, 0.15) is 49.9 Å². The molecule has 0 fully saturated rings. The molecule has 0 spiro atoms. The molecule has 1 unspecified atom stereocenters. The van der Waals surface area contributed by atoms with Crippen LogP contribution in [0.2, 0.25) is 0 Å². The Morgan fingerprint density at radius 3 is 2.57 bits per heavy atom. The lowest BCUT2D eigenvalue weighted by atomic mass is 9.94. The standard InChI is InChI=1S/C18H21N3O2/c1-18(2,3)14-11-20-15(23-14)12-21-10-9-19-17(21)16(22)13-7-5-4-6-8-13/h4-11,16,22H,12H2,1-3H3. The minimum Gasteiger partial charge on any atom is -0.443 e. The fourth-order valence-electron chi connectivity index (χ4n) is 2.36. The summed E-state index contributed by atoms with van der Waals surface area (Å²) in [6.07, 6.45) is 4.49. The molecule has 5 nitrogen and oxygen atoms in total. The predicted octanol–water partition coefficient (Wildman–Crippen LogP) is 3.30. The van der Waals surface area contributed by atoms with E-state index >= 15 is 0 Å². The Kier molecular flexibility index (Phi) is 4.05. The molecule has 0 aliphatic carbocycles. The Hall–Kier alpha value is -2.40. The summed E-state index contributed by atoms with van der Waals surface area (Å²) in [4.78, 5) is 8.62. The van der Waals surface area contributed by atoms with Crippen LogP contribution >= 0.6 is 0 Å². The Bertz CT molecular complexity index is 769. The largest absolute Gasteiger partial charge is 0.443 e. The topological polar surface area (TPSA) is 64.1 Å². The van der Waals surface area contributed by atoms with Crippen molar-refractivity contribution in [1.29, 1.82) is 0 Å². The highest BCUT2D eigenvalue weighted by atomic mass is 16.4. The molecule has 0 amide bonds. The third-order valence-corrected chi connectivity index (χ3v) is 3.71. The molecule has 1 atom stereocenters. The maximum absolute atomic E-state index is 10.5. The number of rotatable bonds is 4. The molecular weight excluding hydrogens is 290 g/mol. The summed E-state index contributed by atoms with van der Waals surface area (Å²) in [6.45, 7) is 6.69. The number of hydrogen-bond acceptors (Lipinski definition) is 4. The number of aliphatic hydroxyl groups excluding tert-OH is 1. The molecule has 2 heterocycles. The highest BCUT2D eigenvalue weighted by Gasteiger charge is 2.21. The second-order valence-electron chi connectivity index (χ2n) is 6.59. The van der Waals surface area contributed by atoms with Gasteiger partial charge < -0.3 is 14.1 Å². The van der Waals surface area contributed by atoms with Gasteiger partial charge in [0.1, 0.15) is 24.2 Å². The second-order valence-corrected chi connectivity index (χ2v) is 6.59. The monoisotopic (exact) mass is 311 g/mol. The summed E-state index contributed by atoms with van der Waals surface area (Å²) in [5.74, 6) is 2.03. The zero-order chi connectivity index (χ0) is 16.4. The van der Waals surface area contributed by atoms with Gasteiger partial charge >= 0.3 is 0 Å². The van der Waals surface area contributed by atoms with Crippen LogP contribution < -0.4 is 0 Å². The fourth-order valence-corrected chi connectivity index (χ4v) is 2.36. The van der Waals surface area contributed by atoms with Gasteiger partial charge in [-0.2, -0.15) is 0 Å². The van der Waals surface area contributed by atoms with E-state index in [1.165, 1.54) is 0 Å². The minimum atomic E-state index is -0.775. The first-order valence-electron chi connectivity index (χ1n) is 7.64. The summed E-state index contributed by atoms with van der Waals surface area (Å²) in [5, 5.41) is 10.5. The SMILES string of the molecule is CC(C)(C)c1cnc(Cn2ccnc2C(O)c2ccccc2)o1. The van der Waals surface area contributed by atoms with Gasteiger partial charge in [-0.05, 0) is 5.56 Å². The molecule has 1 aromatic carbocycles. The molecule has 0 saturated carbocycles. The average Bonchev–Trinajstić information content (AvgIpc) is 3.17. The molecular formula is C18H21N3O2. The minimum absolute atomic E-state index is 0.0768. The van der Waals surface area contributed by atoms with Gasteiger partial charge in [0.15, 0.2) is 0 Å². The van der Waals surface area contributed by atoms with E-state index in [2.05, 4.69) is 30.7 Å².